The molecular formula is C11H21NO2. The number of carbonyl (C=O) groups excluding carboxylic acids is 1. The van der Waals surface area contributed by atoms with Crippen molar-refractivity contribution in [3.8, 4) is 0 Å². The average Bonchev–Trinajstić information content (AvgIpc) is 2.16. The lowest BCUT2D eigenvalue weighted by atomic mass is 9.94. The minimum Gasteiger partial charge on any atom is -0.469 e. The van der Waals surface area contributed by atoms with E-state index >= 15 is 0 Å². The van der Waals surface area contributed by atoms with E-state index in [1.165, 1.54) is 13.3 Å². The van der Waals surface area contributed by atoms with E-state index in [-0.39, 0.29) is 11.9 Å². The number of carbonyl (C=O) groups is 1. The fourth-order valence-corrected chi connectivity index (χ4v) is 1.37. The molecule has 14 heavy (non-hydrogen) atoms. The first-order chi connectivity index (χ1) is 6.61. The van der Waals surface area contributed by atoms with Crippen LogP contribution in [0.3, 0.4) is 0 Å². The van der Waals surface area contributed by atoms with Crippen molar-refractivity contribution >= 4 is 12.2 Å². The summed E-state index contributed by atoms with van der Waals surface area (Å²) in [7, 11) is 1.43. The molecule has 0 bridgehead atoms. The van der Waals surface area contributed by atoms with Crippen LogP contribution in [-0.2, 0) is 9.53 Å². The predicted molar refractivity (Wildman–Crippen MR) is 57.6 cm³/mol. The number of hydrogen-bond acceptors (Lipinski definition) is 3. The summed E-state index contributed by atoms with van der Waals surface area (Å²) in [5.74, 6) is 0.457. The zero-order valence-electron chi connectivity index (χ0n) is 9.38. The highest BCUT2D eigenvalue weighted by atomic mass is 16.5. The molecule has 0 saturated carbocycles. The summed E-state index contributed by atoms with van der Waals surface area (Å²) in [4.78, 5) is 11.3. The van der Waals surface area contributed by atoms with E-state index in [1.807, 2.05) is 0 Å². The normalized spacial score (nSPS) is 12.6. The summed E-state index contributed by atoms with van der Waals surface area (Å²) in [5, 5.41) is 6.93. The molecule has 3 nitrogen and oxygen atoms in total. The third-order valence-corrected chi connectivity index (χ3v) is 2.29. The van der Waals surface area contributed by atoms with Gasteiger partial charge in [0, 0.05) is 0 Å². The molecule has 0 aromatic heterocycles. The van der Waals surface area contributed by atoms with Crippen LogP contribution in [0.5, 0.6) is 0 Å². The molecule has 0 spiro atoms. The highest BCUT2D eigenvalue weighted by Gasteiger charge is 2.18. The van der Waals surface area contributed by atoms with Crippen LogP contribution in [0.2, 0.25) is 0 Å². The van der Waals surface area contributed by atoms with Gasteiger partial charge in [-0.3, -0.25) is 4.79 Å². The topological polar surface area (TPSA) is 50.2 Å². The monoisotopic (exact) mass is 199 g/mol. The maximum absolute atomic E-state index is 11.3. The molecule has 1 unspecified atom stereocenters. The van der Waals surface area contributed by atoms with Crippen molar-refractivity contribution in [1.82, 2.24) is 0 Å². The highest BCUT2D eigenvalue weighted by molar-refractivity contribution is 5.72. The van der Waals surface area contributed by atoms with Crippen molar-refractivity contribution in [3.05, 3.63) is 0 Å². The number of esters is 1. The molecule has 0 fully saturated rings. The molecule has 0 radical (unpaired) electrons. The second-order valence-electron chi connectivity index (χ2n) is 3.97. The molecule has 0 aromatic rings. The summed E-state index contributed by atoms with van der Waals surface area (Å²) in [5.41, 5.74) is 0. The van der Waals surface area contributed by atoms with Crippen LogP contribution < -0.4 is 0 Å². The Labute approximate surface area is 86.3 Å². The van der Waals surface area contributed by atoms with E-state index in [9.17, 15) is 4.79 Å². The van der Waals surface area contributed by atoms with E-state index in [4.69, 9.17) is 10.1 Å². The van der Waals surface area contributed by atoms with E-state index in [0.717, 1.165) is 19.3 Å². The van der Waals surface area contributed by atoms with Gasteiger partial charge < -0.3 is 10.1 Å². The average molecular weight is 199 g/mol. The van der Waals surface area contributed by atoms with Crippen molar-refractivity contribution in [2.45, 2.75) is 39.5 Å². The van der Waals surface area contributed by atoms with Crippen LogP contribution in [0.15, 0.2) is 0 Å². The molecule has 1 N–H and O–H groups in total. The molecular weight excluding hydrogens is 178 g/mol. The molecule has 0 aliphatic carbocycles. The summed E-state index contributed by atoms with van der Waals surface area (Å²) in [6.45, 7) is 4.29. The van der Waals surface area contributed by atoms with Crippen LogP contribution in [0, 0.1) is 17.2 Å². The van der Waals surface area contributed by atoms with Gasteiger partial charge in [-0.1, -0.05) is 20.3 Å². The standard InChI is InChI=1S/C11H21NO2/c1-9(2)6-7-10(5-4-8-12)11(13)14-3/h8-10,12H,4-7H2,1-3H3. The Morgan fingerprint density at radius 3 is 2.43 bits per heavy atom. The SMILES string of the molecule is COC(=O)C(CCC=N)CCC(C)C. The lowest BCUT2D eigenvalue weighted by Crippen LogP contribution is -2.17. The first-order valence-corrected chi connectivity index (χ1v) is 5.18. The number of methoxy groups -OCH3 is 1. The lowest BCUT2D eigenvalue weighted by Gasteiger charge is -2.14. The summed E-state index contributed by atoms with van der Waals surface area (Å²) >= 11 is 0. The molecule has 1 atom stereocenters. The van der Waals surface area contributed by atoms with Gasteiger partial charge >= 0.3 is 5.97 Å². The van der Waals surface area contributed by atoms with Crippen LogP contribution in [0.25, 0.3) is 0 Å². The van der Waals surface area contributed by atoms with E-state index in [1.54, 1.807) is 0 Å². The van der Waals surface area contributed by atoms with Gasteiger partial charge in [-0.2, -0.15) is 0 Å². The number of nitrogens with one attached hydrogen (secondary N) is 1. The van der Waals surface area contributed by atoms with Gasteiger partial charge in [-0.25, -0.2) is 0 Å². The predicted octanol–water partition coefficient (Wildman–Crippen LogP) is 2.64. The number of hydrogen-bond donors (Lipinski definition) is 1. The zero-order chi connectivity index (χ0) is 11.0. The summed E-state index contributed by atoms with van der Waals surface area (Å²) < 4.78 is 4.73. The number of rotatable bonds is 7. The molecule has 82 valence electrons. The maximum Gasteiger partial charge on any atom is 0.308 e. The van der Waals surface area contributed by atoms with Gasteiger partial charge in [0.15, 0.2) is 0 Å². The first-order valence-electron chi connectivity index (χ1n) is 5.18. The van der Waals surface area contributed by atoms with Crippen molar-refractivity contribution < 1.29 is 9.53 Å². The molecule has 0 heterocycles. The Hall–Kier alpha value is -0.860. The van der Waals surface area contributed by atoms with Gasteiger partial charge in [0.05, 0.1) is 13.0 Å². The second kappa shape index (κ2) is 7.54. The molecule has 0 amide bonds. The van der Waals surface area contributed by atoms with Crippen LogP contribution >= 0.6 is 0 Å². The molecule has 0 rings (SSSR count). The Bertz CT molecular complexity index is 178. The minimum atomic E-state index is -0.132. The van der Waals surface area contributed by atoms with E-state index in [2.05, 4.69) is 13.8 Å². The van der Waals surface area contributed by atoms with Crippen LogP contribution in [0.4, 0.5) is 0 Å². The molecule has 0 aromatic carbocycles. The smallest absolute Gasteiger partial charge is 0.308 e. The second-order valence-corrected chi connectivity index (χ2v) is 3.97. The third-order valence-electron chi connectivity index (χ3n) is 2.29. The Kier molecular flexibility index (Phi) is 7.07. The fourth-order valence-electron chi connectivity index (χ4n) is 1.37. The van der Waals surface area contributed by atoms with Crippen molar-refractivity contribution in [1.29, 1.82) is 5.41 Å². The van der Waals surface area contributed by atoms with Crippen molar-refractivity contribution in [2.75, 3.05) is 7.11 Å². The Morgan fingerprint density at radius 1 is 1.36 bits per heavy atom. The Morgan fingerprint density at radius 2 is 2.00 bits per heavy atom. The third kappa shape index (κ3) is 5.73. The Balaban J connectivity index is 3.96. The summed E-state index contributed by atoms with van der Waals surface area (Å²) in [6.07, 6.45) is 4.67. The van der Waals surface area contributed by atoms with Gasteiger partial charge in [0.1, 0.15) is 0 Å². The zero-order valence-corrected chi connectivity index (χ0v) is 9.38. The fraction of sp³-hybridized carbons (Fsp3) is 0.818. The minimum absolute atomic E-state index is 0.0241. The quantitative estimate of drug-likeness (QED) is 0.506. The van der Waals surface area contributed by atoms with Crippen LogP contribution in [-0.4, -0.2) is 19.3 Å². The largest absolute Gasteiger partial charge is 0.469 e. The van der Waals surface area contributed by atoms with Gasteiger partial charge in [0.2, 0.25) is 0 Å². The van der Waals surface area contributed by atoms with E-state index in [0.29, 0.717) is 12.3 Å². The number of ether oxygens (including phenoxy) is 1. The maximum atomic E-state index is 11.3. The van der Waals surface area contributed by atoms with Gasteiger partial charge in [0.25, 0.3) is 0 Å². The molecule has 0 saturated heterocycles. The highest BCUT2D eigenvalue weighted by Crippen LogP contribution is 2.18. The van der Waals surface area contributed by atoms with Crippen LogP contribution in [0.1, 0.15) is 39.5 Å². The molecule has 3 heteroatoms. The van der Waals surface area contributed by atoms with Gasteiger partial charge in [-0.05, 0) is 31.4 Å². The van der Waals surface area contributed by atoms with Crippen molar-refractivity contribution in [2.24, 2.45) is 11.8 Å². The van der Waals surface area contributed by atoms with Gasteiger partial charge in [-0.15, -0.1) is 0 Å². The summed E-state index contributed by atoms with van der Waals surface area (Å²) in [6, 6.07) is 0. The first kappa shape index (κ1) is 13.1. The lowest BCUT2D eigenvalue weighted by molar-refractivity contribution is -0.145. The molecule has 0 aliphatic rings. The van der Waals surface area contributed by atoms with Crippen molar-refractivity contribution in [3.63, 3.8) is 0 Å². The van der Waals surface area contributed by atoms with E-state index < -0.39 is 0 Å². The molecule has 0 aliphatic heterocycles.